The average molecular weight is 587 g/mol. The molecule has 2 saturated carbocycles. The van der Waals surface area contributed by atoms with Gasteiger partial charge in [-0.25, -0.2) is 4.79 Å². The third-order valence-corrected chi connectivity index (χ3v) is 8.99. The Morgan fingerprint density at radius 1 is 1.00 bits per heavy atom. The van der Waals surface area contributed by atoms with Crippen molar-refractivity contribution in [2.24, 2.45) is 23.2 Å². The first-order chi connectivity index (χ1) is 19.7. The van der Waals surface area contributed by atoms with Crippen LogP contribution >= 0.6 is 0 Å². The minimum atomic E-state index is -1.06. The Bertz CT molecular complexity index is 1060. The molecule has 10 heteroatoms. The maximum atomic E-state index is 14.3. The number of rotatable bonds is 12. The van der Waals surface area contributed by atoms with Crippen LogP contribution in [0.3, 0.4) is 0 Å². The molecule has 0 bridgehead atoms. The van der Waals surface area contributed by atoms with Gasteiger partial charge in [-0.05, 0) is 69.6 Å². The highest BCUT2D eigenvalue weighted by atomic mass is 16.6. The minimum Gasteiger partial charge on any atom is -0.444 e. The van der Waals surface area contributed by atoms with E-state index in [0.717, 1.165) is 38.5 Å². The molecule has 1 aliphatic heterocycles. The lowest BCUT2D eigenvalue weighted by atomic mass is 9.90. The van der Waals surface area contributed by atoms with E-state index in [4.69, 9.17) is 4.74 Å². The summed E-state index contributed by atoms with van der Waals surface area (Å²) in [6.45, 7) is 17.2. The van der Waals surface area contributed by atoms with Crippen LogP contribution in [0.2, 0.25) is 0 Å². The molecule has 0 radical (unpaired) electrons. The number of carbonyl (C=O) groups is 5. The first-order valence-corrected chi connectivity index (χ1v) is 15.4. The zero-order chi connectivity index (χ0) is 31.2. The molecule has 1 heterocycles. The predicted molar refractivity (Wildman–Crippen MR) is 160 cm³/mol. The van der Waals surface area contributed by atoms with E-state index in [9.17, 15) is 24.0 Å². The summed E-state index contributed by atoms with van der Waals surface area (Å²) in [5, 5.41) is 8.15. The molecule has 3 rings (SSSR count). The fourth-order valence-electron chi connectivity index (χ4n) is 6.67. The van der Waals surface area contributed by atoms with Gasteiger partial charge >= 0.3 is 6.09 Å². The Hall–Kier alpha value is -3.17. The number of ketones is 1. The minimum absolute atomic E-state index is 0.0726. The van der Waals surface area contributed by atoms with E-state index in [-0.39, 0.29) is 42.0 Å². The Balaban J connectivity index is 1.86. The van der Waals surface area contributed by atoms with Gasteiger partial charge < -0.3 is 25.6 Å². The van der Waals surface area contributed by atoms with Crippen molar-refractivity contribution in [2.75, 3.05) is 13.1 Å². The molecule has 3 N–H and O–H groups in total. The van der Waals surface area contributed by atoms with Crippen LogP contribution < -0.4 is 16.0 Å². The van der Waals surface area contributed by atoms with Crippen molar-refractivity contribution in [3.63, 3.8) is 0 Å². The van der Waals surface area contributed by atoms with Crippen molar-refractivity contribution >= 4 is 29.6 Å². The fourth-order valence-corrected chi connectivity index (χ4v) is 6.67. The molecule has 4 amide bonds. The standard InChI is InChI=1S/C32H50N4O6/c1-8-10-17-22(26(37)28(39)33-18-9-2)34-27(38)25-23-21(32(23,6)7)19-36(25)29(40)24(20-15-13-11-12-14-16-20)35-30(41)42-31(3,4)5/h8-9,20-25H,1-2,10-19H2,3-7H3,(H,33,39)(H,34,38)(H,35,41). The van der Waals surface area contributed by atoms with Gasteiger partial charge in [0.2, 0.25) is 17.6 Å². The molecule has 5 unspecified atom stereocenters. The van der Waals surface area contributed by atoms with Crippen LogP contribution in [0.1, 0.15) is 86.0 Å². The number of fused-ring (bicyclic) bond motifs is 1. The molecule has 3 fully saturated rings. The van der Waals surface area contributed by atoms with Crippen LogP contribution in [0.15, 0.2) is 25.3 Å². The molecule has 234 valence electrons. The molecule has 0 spiro atoms. The quantitative estimate of drug-likeness (QED) is 0.182. The van der Waals surface area contributed by atoms with E-state index in [0.29, 0.717) is 13.0 Å². The van der Waals surface area contributed by atoms with E-state index in [1.807, 2.05) is 0 Å². The summed E-state index contributed by atoms with van der Waals surface area (Å²) in [4.78, 5) is 68.1. The topological polar surface area (TPSA) is 134 Å². The molecule has 0 aromatic carbocycles. The highest BCUT2D eigenvalue weighted by Gasteiger charge is 2.69. The maximum absolute atomic E-state index is 14.3. The average Bonchev–Trinajstić information content (AvgIpc) is 3.33. The highest BCUT2D eigenvalue weighted by molar-refractivity contribution is 6.38. The zero-order valence-electron chi connectivity index (χ0n) is 26.0. The highest BCUT2D eigenvalue weighted by Crippen LogP contribution is 2.65. The number of nitrogens with zero attached hydrogens (tertiary/aromatic N) is 1. The number of Topliss-reactive ketones (excluding diaryl/α,β-unsaturated/α-hetero) is 1. The number of ether oxygens (including phenoxy) is 1. The van der Waals surface area contributed by atoms with Gasteiger partial charge in [-0.3, -0.25) is 19.2 Å². The van der Waals surface area contributed by atoms with E-state index < -0.39 is 47.4 Å². The Morgan fingerprint density at radius 3 is 2.21 bits per heavy atom. The van der Waals surface area contributed by atoms with Crippen molar-refractivity contribution in [1.29, 1.82) is 0 Å². The lowest BCUT2D eigenvalue weighted by Crippen LogP contribution is -2.59. The van der Waals surface area contributed by atoms with Gasteiger partial charge in [-0.1, -0.05) is 51.7 Å². The lowest BCUT2D eigenvalue weighted by Gasteiger charge is -2.36. The summed E-state index contributed by atoms with van der Waals surface area (Å²) < 4.78 is 5.52. The van der Waals surface area contributed by atoms with Crippen LogP contribution in [0.5, 0.6) is 0 Å². The number of hydrogen-bond donors (Lipinski definition) is 3. The second-order valence-corrected chi connectivity index (χ2v) is 13.6. The third-order valence-electron chi connectivity index (χ3n) is 8.99. The molecular weight excluding hydrogens is 536 g/mol. The number of likely N-dealkylation sites (tertiary alicyclic amines) is 1. The Labute approximate surface area is 250 Å². The van der Waals surface area contributed by atoms with E-state index in [2.05, 4.69) is 43.0 Å². The van der Waals surface area contributed by atoms with E-state index >= 15 is 0 Å². The first kappa shape index (κ1) is 33.3. The number of allylic oxidation sites excluding steroid dienone is 1. The van der Waals surface area contributed by atoms with Gasteiger partial charge in [0.15, 0.2) is 0 Å². The molecule has 1 saturated heterocycles. The molecule has 0 aromatic heterocycles. The van der Waals surface area contributed by atoms with Crippen LogP contribution in [0.4, 0.5) is 4.79 Å². The number of carbonyl (C=O) groups excluding carboxylic acids is 5. The van der Waals surface area contributed by atoms with Gasteiger partial charge in [0, 0.05) is 13.1 Å². The van der Waals surface area contributed by atoms with Gasteiger partial charge in [-0.2, -0.15) is 0 Å². The zero-order valence-corrected chi connectivity index (χ0v) is 26.0. The molecule has 42 heavy (non-hydrogen) atoms. The van der Waals surface area contributed by atoms with E-state index in [1.54, 1.807) is 31.7 Å². The van der Waals surface area contributed by atoms with Gasteiger partial charge in [0.1, 0.15) is 17.7 Å². The molecule has 10 nitrogen and oxygen atoms in total. The van der Waals surface area contributed by atoms with Gasteiger partial charge in [0.05, 0.1) is 6.04 Å². The summed E-state index contributed by atoms with van der Waals surface area (Å²) >= 11 is 0. The van der Waals surface area contributed by atoms with Crippen LogP contribution in [-0.2, 0) is 23.9 Å². The second-order valence-electron chi connectivity index (χ2n) is 13.6. The fraction of sp³-hybridized carbons (Fsp3) is 0.719. The van der Waals surface area contributed by atoms with Gasteiger partial charge in [0.25, 0.3) is 5.91 Å². The molecular formula is C32H50N4O6. The molecule has 3 aliphatic rings. The number of alkyl carbamates (subject to hydrolysis) is 1. The normalized spacial score (nSPS) is 24.7. The summed E-state index contributed by atoms with van der Waals surface area (Å²) in [6, 6.07) is -2.70. The van der Waals surface area contributed by atoms with Gasteiger partial charge in [-0.15, -0.1) is 13.2 Å². The van der Waals surface area contributed by atoms with Crippen molar-refractivity contribution in [3.05, 3.63) is 25.3 Å². The molecule has 2 aliphatic carbocycles. The lowest BCUT2D eigenvalue weighted by molar-refractivity contribution is -0.144. The summed E-state index contributed by atoms with van der Waals surface area (Å²) in [6.07, 6.45) is 8.75. The van der Waals surface area contributed by atoms with Crippen molar-refractivity contribution < 1.29 is 28.7 Å². The van der Waals surface area contributed by atoms with Crippen molar-refractivity contribution in [2.45, 2.75) is 110 Å². The number of hydrogen-bond acceptors (Lipinski definition) is 6. The first-order valence-electron chi connectivity index (χ1n) is 15.4. The summed E-state index contributed by atoms with van der Waals surface area (Å²) in [7, 11) is 0. The SMILES string of the molecule is C=CCCC(NC(=O)C1C2C(CN1C(=O)C(NC(=O)OC(C)(C)C)C1CCCCCC1)C2(C)C)C(=O)C(=O)NCC=C. The maximum Gasteiger partial charge on any atom is 0.408 e. The van der Waals surface area contributed by atoms with Crippen LogP contribution in [0, 0.1) is 23.2 Å². The largest absolute Gasteiger partial charge is 0.444 e. The Kier molecular flexibility index (Phi) is 11.0. The number of amides is 4. The number of piperidine rings is 1. The summed E-state index contributed by atoms with van der Waals surface area (Å²) in [5.41, 5.74) is -0.884. The van der Waals surface area contributed by atoms with Crippen LogP contribution in [-0.4, -0.2) is 71.3 Å². The second kappa shape index (κ2) is 13.9. The number of nitrogens with one attached hydrogen (secondary N) is 3. The predicted octanol–water partition coefficient (Wildman–Crippen LogP) is 3.66. The monoisotopic (exact) mass is 586 g/mol. The van der Waals surface area contributed by atoms with Crippen molar-refractivity contribution in [3.8, 4) is 0 Å². The molecule has 5 atom stereocenters. The third kappa shape index (κ3) is 8.01. The summed E-state index contributed by atoms with van der Waals surface area (Å²) in [5.74, 6) is -2.36. The van der Waals surface area contributed by atoms with Crippen LogP contribution in [0.25, 0.3) is 0 Å². The van der Waals surface area contributed by atoms with Crippen molar-refractivity contribution in [1.82, 2.24) is 20.9 Å². The smallest absolute Gasteiger partial charge is 0.408 e. The molecule has 0 aromatic rings. The van der Waals surface area contributed by atoms with E-state index in [1.165, 1.54) is 6.08 Å². The Morgan fingerprint density at radius 2 is 1.64 bits per heavy atom.